The second kappa shape index (κ2) is 9.34. The number of nitrogens with zero attached hydrogens (tertiary/aromatic N) is 2. The summed E-state index contributed by atoms with van der Waals surface area (Å²) in [5, 5.41) is 0. The normalized spacial score (nSPS) is 24.6. The number of hydrogen-bond acceptors (Lipinski definition) is 4. The number of carbonyl (C=O) groups excluding carboxylic acids is 3. The Morgan fingerprint density at radius 1 is 1.03 bits per heavy atom. The first-order valence-corrected chi connectivity index (χ1v) is 12.4. The Kier molecular flexibility index (Phi) is 6.26. The summed E-state index contributed by atoms with van der Waals surface area (Å²) in [5.41, 5.74) is 1.72. The maximum atomic E-state index is 13.8. The molecule has 0 bridgehead atoms. The minimum Gasteiger partial charge on any atom is -0.376 e. The largest absolute Gasteiger partial charge is 0.376 e. The summed E-state index contributed by atoms with van der Waals surface area (Å²) in [6, 6.07) is 17.8. The van der Waals surface area contributed by atoms with Gasteiger partial charge in [-0.25, -0.2) is 0 Å². The monoisotopic (exact) mass is 460 g/mol. The molecule has 1 aliphatic carbocycles. The predicted molar refractivity (Wildman–Crippen MR) is 129 cm³/mol. The molecule has 0 radical (unpaired) electrons. The van der Waals surface area contributed by atoms with Gasteiger partial charge >= 0.3 is 0 Å². The van der Waals surface area contributed by atoms with Crippen LogP contribution in [0.2, 0.25) is 0 Å². The van der Waals surface area contributed by atoms with Crippen LogP contribution in [0.4, 0.5) is 0 Å². The van der Waals surface area contributed by atoms with Crippen LogP contribution in [-0.4, -0.2) is 59.4 Å². The van der Waals surface area contributed by atoms with Crippen LogP contribution in [0.3, 0.4) is 0 Å². The second-order valence-electron chi connectivity index (χ2n) is 9.75. The third-order valence-corrected chi connectivity index (χ3v) is 7.44. The van der Waals surface area contributed by atoms with E-state index in [1.807, 2.05) is 61.5 Å². The fraction of sp³-hybridized carbons (Fsp3) is 0.464. The number of ether oxygens (including phenoxy) is 1. The summed E-state index contributed by atoms with van der Waals surface area (Å²) in [4.78, 5) is 43.5. The topological polar surface area (TPSA) is 66.9 Å². The molecule has 3 aliphatic rings. The zero-order valence-electron chi connectivity index (χ0n) is 19.7. The number of hydrogen-bond donors (Lipinski definition) is 0. The molecule has 2 heterocycles. The van der Waals surface area contributed by atoms with E-state index in [2.05, 4.69) is 0 Å². The third kappa shape index (κ3) is 4.27. The lowest BCUT2D eigenvalue weighted by Crippen LogP contribution is -2.45. The number of rotatable bonds is 8. The van der Waals surface area contributed by atoms with Crippen molar-refractivity contribution < 1.29 is 19.1 Å². The van der Waals surface area contributed by atoms with E-state index in [4.69, 9.17) is 4.74 Å². The van der Waals surface area contributed by atoms with Crippen LogP contribution in [0.25, 0.3) is 11.1 Å². The molecule has 1 saturated carbocycles. The Bertz CT molecular complexity index is 1060. The van der Waals surface area contributed by atoms with Gasteiger partial charge in [-0.1, -0.05) is 54.6 Å². The van der Waals surface area contributed by atoms with E-state index < -0.39 is 5.41 Å². The van der Waals surface area contributed by atoms with E-state index in [1.165, 1.54) is 4.90 Å². The van der Waals surface area contributed by atoms with Crippen LogP contribution in [0.1, 0.15) is 51.0 Å². The summed E-state index contributed by atoms with van der Waals surface area (Å²) in [7, 11) is 0. The van der Waals surface area contributed by atoms with Crippen LogP contribution in [0.15, 0.2) is 54.6 Å². The van der Waals surface area contributed by atoms with E-state index in [1.54, 1.807) is 4.90 Å². The molecule has 0 unspecified atom stereocenters. The summed E-state index contributed by atoms with van der Waals surface area (Å²) in [6.07, 6.45) is 3.78. The molecule has 3 fully saturated rings. The molecule has 34 heavy (non-hydrogen) atoms. The highest BCUT2D eigenvalue weighted by Crippen LogP contribution is 2.45. The van der Waals surface area contributed by atoms with E-state index in [-0.39, 0.29) is 42.7 Å². The SMILES string of the molecule is CCN(C[C@@H]1CCCO1)C(=O)C[C@@]1(c2ccc(-c3ccccc3)cc2)CC(=O)N(C2CC2)C1=O. The van der Waals surface area contributed by atoms with Gasteiger partial charge in [-0.2, -0.15) is 0 Å². The molecule has 0 aromatic heterocycles. The molecule has 2 saturated heterocycles. The van der Waals surface area contributed by atoms with Gasteiger partial charge in [-0.05, 0) is 49.3 Å². The van der Waals surface area contributed by atoms with Crippen molar-refractivity contribution in [3.05, 3.63) is 60.2 Å². The van der Waals surface area contributed by atoms with Crippen molar-refractivity contribution in [2.75, 3.05) is 19.7 Å². The van der Waals surface area contributed by atoms with Gasteiger partial charge in [-0.15, -0.1) is 0 Å². The molecular formula is C28H32N2O4. The first-order chi connectivity index (χ1) is 16.5. The molecule has 0 spiro atoms. The molecule has 2 atom stereocenters. The average molecular weight is 461 g/mol. The van der Waals surface area contributed by atoms with E-state index >= 15 is 0 Å². The smallest absolute Gasteiger partial charge is 0.241 e. The fourth-order valence-corrected chi connectivity index (χ4v) is 5.35. The van der Waals surface area contributed by atoms with Crippen LogP contribution in [-0.2, 0) is 24.5 Å². The molecule has 2 aromatic rings. The average Bonchev–Trinajstić information content (AvgIpc) is 3.48. The number of imide groups is 1. The Hall–Kier alpha value is -2.99. The third-order valence-electron chi connectivity index (χ3n) is 7.44. The van der Waals surface area contributed by atoms with Crippen molar-refractivity contribution >= 4 is 17.7 Å². The van der Waals surface area contributed by atoms with E-state index in [0.29, 0.717) is 13.1 Å². The quantitative estimate of drug-likeness (QED) is 0.560. The number of likely N-dealkylation sites (N-methyl/N-ethyl adjacent to an activating group) is 1. The number of likely N-dealkylation sites (tertiary alicyclic amines) is 1. The zero-order chi connectivity index (χ0) is 23.7. The Morgan fingerprint density at radius 3 is 2.35 bits per heavy atom. The maximum absolute atomic E-state index is 13.8. The standard InChI is InChI=1S/C28H32N2O4/c1-2-29(19-24-9-6-16-34-24)25(31)17-28(18-26(32)30(27(28)33)23-14-15-23)22-12-10-21(11-13-22)20-7-4-3-5-8-20/h3-5,7-8,10-13,23-24H,2,6,9,14-19H2,1H3/t24-,28-/m0/s1. The number of benzene rings is 2. The van der Waals surface area contributed by atoms with E-state index in [0.717, 1.165) is 49.0 Å². The van der Waals surface area contributed by atoms with Gasteiger partial charge < -0.3 is 9.64 Å². The first kappa shape index (κ1) is 22.8. The predicted octanol–water partition coefficient (Wildman–Crippen LogP) is 3.93. The molecule has 0 N–H and O–H groups in total. The van der Waals surface area contributed by atoms with Crippen molar-refractivity contribution in [3.63, 3.8) is 0 Å². The van der Waals surface area contributed by atoms with Crippen molar-refractivity contribution in [1.82, 2.24) is 9.80 Å². The minimum atomic E-state index is -1.14. The highest BCUT2D eigenvalue weighted by atomic mass is 16.5. The molecule has 5 rings (SSSR count). The van der Waals surface area contributed by atoms with Crippen LogP contribution in [0, 0.1) is 0 Å². The Labute approximate surface area is 200 Å². The molecule has 2 aromatic carbocycles. The lowest BCUT2D eigenvalue weighted by atomic mass is 9.75. The molecular weight excluding hydrogens is 428 g/mol. The lowest BCUT2D eigenvalue weighted by molar-refractivity contribution is -0.143. The highest BCUT2D eigenvalue weighted by molar-refractivity contribution is 6.11. The van der Waals surface area contributed by atoms with Crippen LogP contribution in [0.5, 0.6) is 0 Å². The van der Waals surface area contributed by atoms with Gasteiger partial charge in [0.1, 0.15) is 0 Å². The summed E-state index contributed by atoms with van der Waals surface area (Å²) in [6.45, 7) is 3.77. The molecule has 6 heteroatoms. The van der Waals surface area contributed by atoms with Crippen LogP contribution >= 0.6 is 0 Å². The highest BCUT2D eigenvalue weighted by Gasteiger charge is 2.57. The fourth-order valence-electron chi connectivity index (χ4n) is 5.35. The minimum absolute atomic E-state index is 0.00487. The van der Waals surface area contributed by atoms with Crippen molar-refractivity contribution in [2.45, 2.75) is 63.0 Å². The number of amides is 3. The molecule has 3 amide bonds. The zero-order valence-corrected chi connectivity index (χ0v) is 19.7. The van der Waals surface area contributed by atoms with Gasteiger partial charge in [-0.3, -0.25) is 19.3 Å². The molecule has 6 nitrogen and oxygen atoms in total. The lowest BCUT2D eigenvalue weighted by Gasteiger charge is -2.31. The van der Waals surface area contributed by atoms with Gasteiger partial charge in [0.2, 0.25) is 17.7 Å². The van der Waals surface area contributed by atoms with Crippen molar-refractivity contribution in [1.29, 1.82) is 0 Å². The van der Waals surface area contributed by atoms with Gasteiger partial charge in [0.15, 0.2) is 0 Å². The van der Waals surface area contributed by atoms with Gasteiger partial charge in [0.25, 0.3) is 0 Å². The van der Waals surface area contributed by atoms with Gasteiger partial charge in [0, 0.05) is 38.6 Å². The van der Waals surface area contributed by atoms with E-state index in [9.17, 15) is 14.4 Å². The first-order valence-electron chi connectivity index (χ1n) is 12.4. The maximum Gasteiger partial charge on any atom is 0.241 e. The summed E-state index contributed by atoms with van der Waals surface area (Å²) in [5.74, 6) is -0.465. The number of carbonyl (C=O) groups is 3. The summed E-state index contributed by atoms with van der Waals surface area (Å²) >= 11 is 0. The van der Waals surface area contributed by atoms with Crippen molar-refractivity contribution in [2.24, 2.45) is 0 Å². The Morgan fingerprint density at radius 2 is 1.74 bits per heavy atom. The van der Waals surface area contributed by atoms with Crippen LogP contribution < -0.4 is 0 Å². The van der Waals surface area contributed by atoms with Crippen molar-refractivity contribution in [3.8, 4) is 11.1 Å². The summed E-state index contributed by atoms with van der Waals surface area (Å²) < 4.78 is 5.74. The second-order valence-corrected chi connectivity index (χ2v) is 9.75. The van der Waals surface area contributed by atoms with Gasteiger partial charge in [0.05, 0.1) is 11.5 Å². The Balaban J connectivity index is 1.45. The molecule has 2 aliphatic heterocycles. The molecule has 178 valence electrons.